The van der Waals surface area contributed by atoms with Crippen molar-refractivity contribution < 1.29 is 22.7 Å². The molecule has 0 aliphatic heterocycles. The van der Waals surface area contributed by atoms with Gasteiger partial charge in [-0.2, -0.15) is 0 Å². The minimum Gasteiger partial charge on any atom is -0.482 e. The van der Waals surface area contributed by atoms with Crippen molar-refractivity contribution in [2.45, 2.75) is 30.7 Å². The molecule has 0 fully saturated rings. The van der Waals surface area contributed by atoms with Crippen LogP contribution in [-0.4, -0.2) is 33.6 Å². The fraction of sp³-hybridized carbons (Fsp3) is 0.316. The van der Waals surface area contributed by atoms with Gasteiger partial charge in [-0.05, 0) is 62.2 Å². The Bertz CT molecular complexity index is 877. The lowest BCUT2D eigenvalue weighted by atomic mass is 9.96. The number of nitrogens with one attached hydrogen (secondary N) is 1. The fourth-order valence-electron chi connectivity index (χ4n) is 2.49. The third kappa shape index (κ3) is 6.53. The summed E-state index contributed by atoms with van der Waals surface area (Å²) >= 11 is 5.81. The molecule has 27 heavy (non-hydrogen) atoms. The Morgan fingerprint density at radius 3 is 2.22 bits per heavy atom. The van der Waals surface area contributed by atoms with Crippen LogP contribution in [0.15, 0.2) is 53.4 Å². The van der Waals surface area contributed by atoms with Gasteiger partial charge in [-0.25, -0.2) is 17.9 Å². The summed E-state index contributed by atoms with van der Waals surface area (Å²) in [7, 11) is -2.38. The topological polar surface area (TPSA) is 81.7 Å². The lowest BCUT2D eigenvalue weighted by molar-refractivity contribution is -0.142. The van der Waals surface area contributed by atoms with E-state index in [-0.39, 0.29) is 11.5 Å². The van der Waals surface area contributed by atoms with E-state index in [9.17, 15) is 13.2 Å². The number of sulfonamides is 1. The SMILES string of the molecule is COC(=O)COc1ccc(CC(C)(C)NS(=O)(=O)c2ccc(Cl)cc2)cc1. The number of ether oxygens (including phenoxy) is 2. The number of halogens is 1. The van der Waals surface area contributed by atoms with Crippen molar-refractivity contribution in [3.63, 3.8) is 0 Å². The number of methoxy groups -OCH3 is 1. The van der Waals surface area contributed by atoms with E-state index in [0.29, 0.717) is 17.2 Å². The van der Waals surface area contributed by atoms with Crippen LogP contribution in [0.4, 0.5) is 0 Å². The minimum absolute atomic E-state index is 0.159. The van der Waals surface area contributed by atoms with Crippen molar-refractivity contribution in [1.29, 1.82) is 0 Å². The van der Waals surface area contributed by atoms with Crippen LogP contribution in [0.3, 0.4) is 0 Å². The van der Waals surface area contributed by atoms with Crippen molar-refractivity contribution in [3.05, 3.63) is 59.1 Å². The van der Waals surface area contributed by atoms with Crippen LogP contribution in [0.5, 0.6) is 5.75 Å². The van der Waals surface area contributed by atoms with Gasteiger partial charge < -0.3 is 9.47 Å². The van der Waals surface area contributed by atoms with Crippen LogP contribution in [0.25, 0.3) is 0 Å². The molecule has 2 aromatic carbocycles. The molecule has 0 spiro atoms. The van der Waals surface area contributed by atoms with Gasteiger partial charge in [-0.15, -0.1) is 0 Å². The third-order valence-corrected chi connectivity index (χ3v) is 5.65. The van der Waals surface area contributed by atoms with E-state index in [4.69, 9.17) is 16.3 Å². The highest BCUT2D eigenvalue weighted by Gasteiger charge is 2.26. The van der Waals surface area contributed by atoms with E-state index in [1.54, 1.807) is 12.1 Å². The molecule has 0 bridgehead atoms. The molecule has 1 N–H and O–H groups in total. The fourth-order valence-corrected chi connectivity index (χ4v) is 4.03. The highest BCUT2D eigenvalue weighted by molar-refractivity contribution is 7.89. The zero-order valence-electron chi connectivity index (χ0n) is 15.4. The summed E-state index contributed by atoms with van der Waals surface area (Å²) in [6.07, 6.45) is 0.469. The highest BCUT2D eigenvalue weighted by atomic mass is 35.5. The lowest BCUT2D eigenvalue weighted by Gasteiger charge is -2.26. The molecule has 0 aromatic heterocycles. The molecule has 0 saturated carbocycles. The zero-order valence-corrected chi connectivity index (χ0v) is 16.9. The van der Waals surface area contributed by atoms with Gasteiger partial charge in [-0.1, -0.05) is 23.7 Å². The van der Waals surface area contributed by atoms with Crippen molar-refractivity contribution in [1.82, 2.24) is 4.72 Å². The first-order chi connectivity index (χ1) is 12.6. The molecule has 146 valence electrons. The number of hydrogen-bond acceptors (Lipinski definition) is 5. The molecule has 0 amide bonds. The summed E-state index contributed by atoms with van der Waals surface area (Å²) in [5, 5.41) is 0.475. The van der Waals surface area contributed by atoms with Crippen molar-refractivity contribution >= 4 is 27.6 Å². The van der Waals surface area contributed by atoms with E-state index in [1.165, 1.54) is 31.4 Å². The van der Waals surface area contributed by atoms with Gasteiger partial charge in [0.2, 0.25) is 10.0 Å². The summed E-state index contributed by atoms with van der Waals surface area (Å²) in [4.78, 5) is 11.2. The van der Waals surface area contributed by atoms with Gasteiger partial charge in [0.1, 0.15) is 5.75 Å². The minimum atomic E-state index is -3.67. The quantitative estimate of drug-likeness (QED) is 0.674. The van der Waals surface area contributed by atoms with E-state index < -0.39 is 21.5 Å². The molecule has 2 rings (SSSR count). The number of benzene rings is 2. The summed E-state index contributed by atoms with van der Waals surface area (Å²) in [5.41, 5.74) is 0.205. The summed E-state index contributed by atoms with van der Waals surface area (Å²) < 4.78 is 37.7. The van der Waals surface area contributed by atoms with E-state index in [2.05, 4.69) is 9.46 Å². The second-order valence-electron chi connectivity index (χ2n) is 6.63. The molecule has 0 atom stereocenters. The number of hydrogen-bond donors (Lipinski definition) is 1. The second-order valence-corrected chi connectivity index (χ2v) is 8.75. The molecular formula is C19H22ClNO5S. The largest absolute Gasteiger partial charge is 0.482 e. The molecule has 2 aromatic rings. The van der Waals surface area contributed by atoms with Crippen LogP contribution < -0.4 is 9.46 Å². The molecule has 0 aliphatic rings. The molecule has 0 saturated heterocycles. The second kappa shape index (κ2) is 8.73. The Balaban J connectivity index is 2.02. The Hall–Kier alpha value is -2.09. The number of carbonyl (C=O) groups excluding carboxylic acids is 1. The summed E-state index contributed by atoms with van der Waals surface area (Å²) in [5.74, 6) is 0.0699. The van der Waals surface area contributed by atoms with Crippen LogP contribution in [0.1, 0.15) is 19.4 Å². The number of esters is 1. The zero-order chi connectivity index (χ0) is 20.1. The van der Waals surface area contributed by atoms with Gasteiger partial charge in [0, 0.05) is 10.6 Å². The molecule has 6 nitrogen and oxygen atoms in total. The van der Waals surface area contributed by atoms with Gasteiger partial charge >= 0.3 is 5.97 Å². The molecular weight excluding hydrogens is 390 g/mol. The average Bonchev–Trinajstić information content (AvgIpc) is 2.60. The van der Waals surface area contributed by atoms with Gasteiger partial charge in [0.05, 0.1) is 12.0 Å². The molecule has 0 aliphatic carbocycles. The predicted octanol–water partition coefficient (Wildman–Crippen LogP) is 3.19. The van der Waals surface area contributed by atoms with Gasteiger partial charge in [0.15, 0.2) is 6.61 Å². The molecule has 0 heterocycles. The Labute approximate surface area is 164 Å². The van der Waals surface area contributed by atoms with Crippen molar-refractivity contribution in [2.24, 2.45) is 0 Å². The lowest BCUT2D eigenvalue weighted by Crippen LogP contribution is -2.44. The monoisotopic (exact) mass is 411 g/mol. The predicted molar refractivity (Wildman–Crippen MR) is 104 cm³/mol. The van der Waals surface area contributed by atoms with E-state index >= 15 is 0 Å². The Morgan fingerprint density at radius 2 is 1.67 bits per heavy atom. The van der Waals surface area contributed by atoms with E-state index in [1.807, 2.05) is 26.0 Å². The maximum Gasteiger partial charge on any atom is 0.343 e. The maximum absolute atomic E-state index is 12.6. The van der Waals surface area contributed by atoms with Crippen LogP contribution in [0.2, 0.25) is 5.02 Å². The van der Waals surface area contributed by atoms with Crippen LogP contribution in [0, 0.1) is 0 Å². The van der Waals surface area contributed by atoms with Gasteiger partial charge in [-0.3, -0.25) is 0 Å². The number of carbonyl (C=O) groups is 1. The first kappa shape index (κ1) is 21.2. The maximum atomic E-state index is 12.6. The van der Waals surface area contributed by atoms with Crippen molar-refractivity contribution in [3.8, 4) is 5.75 Å². The summed E-state index contributed by atoms with van der Waals surface area (Å²) in [6, 6.07) is 13.1. The van der Waals surface area contributed by atoms with Crippen LogP contribution >= 0.6 is 11.6 Å². The molecule has 0 unspecified atom stereocenters. The van der Waals surface area contributed by atoms with Crippen molar-refractivity contribution in [2.75, 3.05) is 13.7 Å². The summed E-state index contributed by atoms with van der Waals surface area (Å²) in [6.45, 7) is 3.45. The molecule has 0 radical (unpaired) electrons. The Kier molecular flexibility index (Phi) is 6.86. The highest BCUT2D eigenvalue weighted by Crippen LogP contribution is 2.20. The third-order valence-electron chi connectivity index (χ3n) is 3.69. The van der Waals surface area contributed by atoms with Gasteiger partial charge in [0.25, 0.3) is 0 Å². The Morgan fingerprint density at radius 1 is 1.07 bits per heavy atom. The van der Waals surface area contributed by atoms with E-state index in [0.717, 1.165) is 5.56 Å². The first-order valence-corrected chi connectivity index (χ1v) is 10.1. The molecule has 8 heteroatoms. The van der Waals surface area contributed by atoms with Crippen LogP contribution in [-0.2, 0) is 26.0 Å². The normalized spacial score (nSPS) is 11.9. The standard InChI is InChI=1S/C19H22ClNO5S/c1-19(2,21-27(23,24)17-10-6-15(20)7-11-17)12-14-4-8-16(9-5-14)26-13-18(22)25-3/h4-11,21H,12-13H2,1-3H3. The first-order valence-electron chi connectivity index (χ1n) is 8.19. The average molecular weight is 412 g/mol. The number of rotatable bonds is 8. The smallest absolute Gasteiger partial charge is 0.343 e.